The topological polar surface area (TPSA) is 44.0 Å². The molecular weight excluding hydrogens is 326 g/mol. The van der Waals surface area contributed by atoms with Crippen LogP contribution in [0.4, 0.5) is 0 Å². The lowest BCUT2D eigenvalue weighted by Crippen LogP contribution is -2.45. The molecule has 1 fully saturated rings. The van der Waals surface area contributed by atoms with Gasteiger partial charge < -0.3 is 5.11 Å². The van der Waals surface area contributed by atoms with Gasteiger partial charge in [0.05, 0.1) is 11.5 Å². The van der Waals surface area contributed by atoms with Gasteiger partial charge in [0.1, 0.15) is 5.60 Å². The number of halogens is 1. The second-order valence-electron chi connectivity index (χ2n) is 6.86. The maximum Gasteiger partial charge on any atom is 0.105 e. The summed E-state index contributed by atoms with van der Waals surface area (Å²) in [6.07, 6.45) is 3.59. The van der Waals surface area contributed by atoms with E-state index in [0.29, 0.717) is 11.8 Å². The number of hydrogen-bond acceptors (Lipinski definition) is 2. The summed E-state index contributed by atoms with van der Waals surface area (Å²) in [5, 5.41) is 21.0. The van der Waals surface area contributed by atoms with Gasteiger partial charge in [-0.25, -0.2) is 0 Å². The van der Waals surface area contributed by atoms with Gasteiger partial charge in [-0.1, -0.05) is 41.9 Å². The molecule has 2 rings (SSSR count). The lowest BCUT2D eigenvalue weighted by atomic mass is 9.59. The fraction of sp³-hybridized carbons (Fsp3) is 0.611. The summed E-state index contributed by atoms with van der Waals surface area (Å²) in [5.41, 5.74) is -0.978. The van der Waals surface area contributed by atoms with Crippen molar-refractivity contribution in [3.8, 4) is 6.07 Å². The van der Waals surface area contributed by atoms with E-state index in [4.69, 9.17) is 0 Å². The van der Waals surface area contributed by atoms with Crippen molar-refractivity contribution >= 4 is 15.9 Å². The molecule has 1 aliphatic carbocycles. The van der Waals surface area contributed by atoms with E-state index in [1.165, 1.54) is 0 Å². The van der Waals surface area contributed by atoms with Crippen LogP contribution in [0.15, 0.2) is 28.7 Å². The van der Waals surface area contributed by atoms with Crippen molar-refractivity contribution in [2.24, 2.45) is 17.3 Å². The molecule has 1 aliphatic rings. The molecule has 3 heteroatoms. The third kappa shape index (κ3) is 3.03. The first-order valence-electron chi connectivity index (χ1n) is 7.72. The van der Waals surface area contributed by atoms with Gasteiger partial charge in [0.25, 0.3) is 0 Å². The number of rotatable bonds is 3. The molecule has 1 unspecified atom stereocenters. The van der Waals surface area contributed by atoms with Gasteiger partial charge in [-0.2, -0.15) is 5.26 Å². The van der Waals surface area contributed by atoms with E-state index in [0.717, 1.165) is 35.7 Å². The van der Waals surface area contributed by atoms with Gasteiger partial charge in [-0.3, -0.25) is 0 Å². The minimum atomic E-state index is -1.12. The van der Waals surface area contributed by atoms with Gasteiger partial charge in [-0.05, 0) is 62.1 Å². The number of nitriles is 1. The van der Waals surface area contributed by atoms with Gasteiger partial charge in [0.15, 0.2) is 0 Å². The summed E-state index contributed by atoms with van der Waals surface area (Å²) < 4.78 is 0.934. The highest BCUT2D eigenvalue weighted by molar-refractivity contribution is 9.10. The Morgan fingerprint density at radius 2 is 2.00 bits per heavy atom. The number of aliphatic hydroxyl groups is 1. The fourth-order valence-electron chi connectivity index (χ4n) is 3.57. The van der Waals surface area contributed by atoms with Crippen LogP contribution in [0.3, 0.4) is 0 Å². The van der Waals surface area contributed by atoms with Gasteiger partial charge >= 0.3 is 0 Å². The molecule has 0 aliphatic heterocycles. The third-order valence-electron chi connectivity index (χ3n) is 5.36. The zero-order chi connectivity index (χ0) is 15.7. The van der Waals surface area contributed by atoms with Crippen LogP contribution < -0.4 is 0 Å². The summed E-state index contributed by atoms with van der Waals surface area (Å²) in [7, 11) is 0. The summed E-state index contributed by atoms with van der Waals surface area (Å²) in [4.78, 5) is 0. The number of hydrogen-bond donors (Lipinski definition) is 1. The molecule has 0 amide bonds. The molecule has 1 aromatic rings. The largest absolute Gasteiger partial charge is 0.384 e. The molecule has 0 aromatic heterocycles. The zero-order valence-electron chi connectivity index (χ0n) is 13.1. The fourth-order valence-corrected chi connectivity index (χ4v) is 3.97. The first kappa shape index (κ1) is 16.5. The molecule has 21 heavy (non-hydrogen) atoms. The van der Waals surface area contributed by atoms with Crippen LogP contribution >= 0.6 is 15.9 Å². The monoisotopic (exact) mass is 349 g/mol. The average Bonchev–Trinajstić information content (AvgIpc) is 2.47. The maximum atomic E-state index is 11.2. The van der Waals surface area contributed by atoms with Crippen molar-refractivity contribution in [3.05, 3.63) is 34.3 Å². The van der Waals surface area contributed by atoms with Gasteiger partial charge in [0.2, 0.25) is 0 Å². The standard InChI is InChI=1S/C18H24BrNO/c1-13(2)14-7-9-18(12-20,10-8-14)17(3,21)15-5-4-6-16(19)11-15/h4-6,11,13-14,21H,7-10H2,1-3H3. The Morgan fingerprint density at radius 1 is 1.38 bits per heavy atom. The molecule has 0 spiro atoms. The highest BCUT2D eigenvalue weighted by atomic mass is 79.9. The molecule has 2 nitrogen and oxygen atoms in total. The van der Waals surface area contributed by atoms with Gasteiger partial charge in [0, 0.05) is 4.47 Å². The maximum absolute atomic E-state index is 11.2. The second kappa shape index (κ2) is 6.10. The Hall–Kier alpha value is -0.850. The third-order valence-corrected chi connectivity index (χ3v) is 5.85. The molecule has 114 valence electrons. The van der Waals surface area contributed by atoms with E-state index < -0.39 is 11.0 Å². The Balaban J connectivity index is 2.31. The van der Waals surface area contributed by atoms with E-state index in [1.54, 1.807) is 6.92 Å². The summed E-state index contributed by atoms with van der Waals surface area (Å²) in [5.74, 6) is 1.32. The first-order valence-corrected chi connectivity index (χ1v) is 8.51. The van der Waals surface area contributed by atoms with Crippen LogP contribution in [0, 0.1) is 28.6 Å². The molecule has 1 N–H and O–H groups in total. The number of benzene rings is 1. The van der Waals surface area contributed by atoms with E-state index in [1.807, 2.05) is 24.3 Å². The molecule has 0 radical (unpaired) electrons. The molecule has 0 bridgehead atoms. The van der Waals surface area contributed by atoms with Crippen molar-refractivity contribution in [1.29, 1.82) is 5.26 Å². The Kier molecular flexibility index (Phi) is 4.80. The van der Waals surface area contributed by atoms with Gasteiger partial charge in [-0.15, -0.1) is 0 Å². The lowest BCUT2D eigenvalue weighted by Gasteiger charge is -2.45. The van der Waals surface area contributed by atoms with Crippen LogP contribution in [0.5, 0.6) is 0 Å². The highest BCUT2D eigenvalue weighted by Crippen LogP contribution is 2.51. The molecule has 1 atom stereocenters. The van der Waals surface area contributed by atoms with Crippen LogP contribution in [-0.2, 0) is 5.60 Å². The minimum Gasteiger partial charge on any atom is -0.384 e. The molecule has 0 saturated heterocycles. The van der Waals surface area contributed by atoms with Crippen molar-refractivity contribution < 1.29 is 5.11 Å². The summed E-state index contributed by atoms with van der Waals surface area (Å²) >= 11 is 3.45. The molecule has 1 saturated carbocycles. The van der Waals surface area contributed by atoms with Crippen molar-refractivity contribution in [2.75, 3.05) is 0 Å². The predicted octanol–water partition coefficient (Wildman–Crippen LogP) is 5.01. The summed E-state index contributed by atoms with van der Waals surface area (Å²) in [6.45, 7) is 6.29. The van der Waals surface area contributed by atoms with E-state index in [9.17, 15) is 10.4 Å². The molecule has 0 heterocycles. The second-order valence-corrected chi connectivity index (χ2v) is 7.77. The van der Waals surface area contributed by atoms with Crippen molar-refractivity contribution in [3.63, 3.8) is 0 Å². The van der Waals surface area contributed by atoms with E-state index >= 15 is 0 Å². The quantitative estimate of drug-likeness (QED) is 0.832. The first-order chi connectivity index (χ1) is 9.82. The average molecular weight is 350 g/mol. The zero-order valence-corrected chi connectivity index (χ0v) is 14.7. The normalized spacial score (nSPS) is 28.9. The number of nitrogens with zero attached hydrogens (tertiary/aromatic N) is 1. The lowest BCUT2D eigenvalue weighted by molar-refractivity contribution is -0.0722. The Bertz CT molecular complexity index is 536. The smallest absolute Gasteiger partial charge is 0.105 e. The SMILES string of the molecule is CC(C)C1CCC(C#N)(C(C)(O)c2cccc(Br)c2)CC1. The van der Waals surface area contributed by atoms with Crippen molar-refractivity contribution in [2.45, 2.75) is 52.1 Å². The van der Waals surface area contributed by atoms with Crippen LogP contribution in [0.2, 0.25) is 0 Å². The highest BCUT2D eigenvalue weighted by Gasteiger charge is 2.50. The Morgan fingerprint density at radius 3 is 2.48 bits per heavy atom. The van der Waals surface area contributed by atoms with Crippen LogP contribution in [0.25, 0.3) is 0 Å². The van der Waals surface area contributed by atoms with Crippen LogP contribution in [-0.4, -0.2) is 5.11 Å². The predicted molar refractivity (Wildman–Crippen MR) is 88.6 cm³/mol. The van der Waals surface area contributed by atoms with Crippen molar-refractivity contribution in [1.82, 2.24) is 0 Å². The Labute approximate surface area is 136 Å². The van der Waals surface area contributed by atoms with Crippen LogP contribution in [0.1, 0.15) is 52.0 Å². The minimum absolute atomic E-state index is 0.650. The molecule has 1 aromatic carbocycles. The van der Waals surface area contributed by atoms with E-state index in [2.05, 4.69) is 35.8 Å². The summed E-state index contributed by atoms with van der Waals surface area (Å²) in [6, 6.07) is 10.2. The van der Waals surface area contributed by atoms with E-state index in [-0.39, 0.29) is 0 Å². The molecular formula is C18H24BrNO.